The Morgan fingerprint density at radius 2 is 1.91 bits per heavy atom. The van der Waals surface area contributed by atoms with E-state index in [1.807, 2.05) is 6.07 Å². The van der Waals surface area contributed by atoms with Crippen LogP contribution in [0.25, 0.3) is 0 Å². The highest BCUT2D eigenvalue weighted by Crippen LogP contribution is 2.32. The van der Waals surface area contributed by atoms with Crippen molar-refractivity contribution in [1.29, 1.82) is 5.26 Å². The van der Waals surface area contributed by atoms with E-state index < -0.39 is 12.1 Å². The van der Waals surface area contributed by atoms with Crippen LogP contribution in [0.4, 0.5) is 5.69 Å². The lowest BCUT2D eigenvalue weighted by molar-refractivity contribution is -0.116. The van der Waals surface area contributed by atoms with Crippen molar-refractivity contribution >= 4 is 17.5 Å². The molecule has 1 aliphatic heterocycles. The number of primary amides is 1. The van der Waals surface area contributed by atoms with Crippen LogP contribution in [-0.4, -0.2) is 18.4 Å². The average Bonchev–Trinajstić information content (AvgIpc) is 2.57. The van der Waals surface area contributed by atoms with Crippen molar-refractivity contribution in [2.45, 2.75) is 6.17 Å². The Bertz CT molecular complexity index is 808. The molecular weight excluding hydrogens is 292 g/mol. The van der Waals surface area contributed by atoms with E-state index >= 15 is 0 Å². The number of rotatable bonds is 3. The Labute approximate surface area is 133 Å². The molecule has 6 nitrogen and oxygen atoms in total. The SMILES string of the molecule is N#Cc1ccc([C@H]2NC(=O)c3ccccc3N2CC(N)=O)cc1. The smallest absolute Gasteiger partial charge is 0.255 e. The minimum absolute atomic E-state index is 0.0258. The molecule has 0 fully saturated rings. The second-order valence-corrected chi connectivity index (χ2v) is 5.22. The number of nitrogens with one attached hydrogen (secondary N) is 1. The van der Waals surface area contributed by atoms with Gasteiger partial charge >= 0.3 is 0 Å². The third-order valence-corrected chi connectivity index (χ3v) is 3.72. The Balaban J connectivity index is 2.06. The summed E-state index contributed by atoms with van der Waals surface area (Å²) in [5, 5.41) is 11.8. The van der Waals surface area contributed by atoms with E-state index in [0.29, 0.717) is 16.8 Å². The maximum absolute atomic E-state index is 12.3. The van der Waals surface area contributed by atoms with Crippen LogP contribution in [0.1, 0.15) is 27.7 Å². The van der Waals surface area contributed by atoms with Gasteiger partial charge in [-0.1, -0.05) is 24.3 Å². The van der Waals surface area contributed by atoms with Gasteiger partial charge < -0.3 is 16.0 Å². The maximum Gasteiger partial charge on any atom is 0.255 e. The molecule has 2 aromatic rings. The minimum atomic E-state index is -0.516. The number of benzene rings is 2. The second-order valence-electron chi connectivity index (χ2n) is 5.22. The second kappa shape index (κ2) is 5.81. The molecule has 0 radical (unpaired) electrons. The number of carbonyl (C=O) groups excluding carboxylic acids is 2. The number of nitrogens with zero attached hydrogens (tertiary/aromatic N) is 2. The first-order valence-electron chi connectivity index (χ1n) is 7.05. The first-order valence-corrected chi connectivity index (χ1v) is 7.05. The molecule has 1 heterocycles. The molecular formula is C17H14N4O2. The summed E-state index contributed by atoms with van der Waals surface area (Å²) in [5.41, 5.74) is 7.82. The summed E-state index contributed by atoms with van der Waals surface area (Å²) in [4.78, 5) is 25.5. The largest absolute Gasteiger partial charge is 0.368 e. The molecule has 23 heavy (non-hydrogen) atoms. The van der Waals surface area contributed by atoms with Crippen molar-refractivity contribution in [2.24, 2.45) is 5.73 Å². The predicted molar refractivity (Wildman–Crippen MR) is 84.3 cm³/mol. The van der Waals surface area contributed by atoms with Gasteiger partial charge in [0.15, 0.2) is 0 Å². The molecule has 0 spiro atoms. The van der Waals surface area contributed by atoms with Gasteiger partial charge in [0.25, 0.3) is 5.91 Å². The highest BCUT2D eigenvalue weighted by atomic mass is 16.2. The molecule has 0 unspecified atom stereocenters. The van der Waals surface area contributed by atoms with Crippen LogP contribution in [0.3, 0.4) is 0 Å². The van der Waals surface area contributed by atoms with Gasteiger partial charge in [-0.2, -0.15) is 5.26 Å². The van der Waals surface area contributed by atoms with Crippen molar-refractivity contribution < 1.29 is 9.59 Å². The molecule has 0 saturated heterocycles. The Kier molecular flexibility index (Phi) is 3.69. The van der Waals surface area contributed by atoms with Gasteiger partial charge in [-0.05, 0) is 29.8 Å². The van der Waals surface area contributed by atoms with E-state index in [-0.39, 0.29) is 12.5 Å². The number of hydrogen-bond donors (Lipinski definition) is 2. The fourth-order valence-electron chi connectivity index (χ4n) is 2.68. The monoisotopic (exact) mass is 306 g/mol. The lowest BCUT2D eigenvalue weighted by atomic mass is 10.0. The number of nitrogens with two attached hydrogens (primary N) is 1. The number of para-hydroxylation sites is 1. The molecule has 3 N–H and O–H groups in total. The van der Waals surface area contributed by atoms with Gasteiger partial charge in [-0.15, -0.1) is 0 Å². The summed E-state index contributed by atoms with van der Waals surface area (Å²) in [7, 11) is 0. The minimum Gasteiger partial charge on any atom is -0.368 e. The summed E-state index contributed by atoms with van der Waals surface area (Å²) >= 11 is 0. The van der Waals surface area contributed by atoms with Gasteiger partial charge in [-0.25, -0.2) is 0 Å². The Morgan fingerprint density at radius 3 is 2.57 bits per heavy atom. The molecule has 1 aliphatic rings. The normalized spacial score (nSPS) is 16.2. The highest BCUT2D eigenvalue weighted by molar-refractivity contribution is 6.02. The Hall–Kier alpha value is -3.33. The molecule has 114 valence electrons. The van der Waals surface area contributed by atoms with Gasteiger partial charge in [0.05, 0.1) is 29.4 Å². The zero-order chi connectivity index (χ0) is 16.4. The van der Waals surface area contributed by atoms with Gasteiger partial charge in [0.2, 0.25) is 5.91 Å². The average molecular weight is 306 g/mol. The maximum atomic E-state index is 12.3. The van der Waals surface area contributed by atoms with E-state index in [1.165, 1.54) is 0 Å². The quantitative estimate of drug-likeness (QED) is 0.892. The predicted octanol–water partition coefficient (Wildman–Crippen LogP) is 1.29. The van der Waals surface area contributed by atoms with Crippen LogP contribution in [0, 0.1) is 11.3 Å². The third kappa shape index (κ3) is 2.72. The summed E-state index contributed by atoms with van der Waals surface area (Å²) in [5.74, 6) is -0.703. The Morgan fingerprint density at radius 1 is 1.22 bits per heavy atom. The summed E-state index contributed by atoms with van der Waals surface area (Å²) in [6.07, 6.45) is -0.516. The van der Waals surface area contributed by atoms with Gasteiger partial charge in [0.1, 0.15) is 6.17 Å². The van der Waals surface area contributed by atoms with Crippen LogP contribution in [0.5, 0.6) is 0 Å². The fourth-order valence-corrected chi connectivity index (χ4v) is 2.68. The first kappa shape index (κ1) is 14.6. The van der Waals surface area contributed by atoms with Crippen molar-refractivity contribution in [3.8, 4) is 6.07 Å². The summed E-state index contributed by atoms with van der Waals surface area (Å²) in [6, 6.07) is 16.0. The van der Waals surface area contributed by atoms with Gasteiger partial charge in [0, 0.05) is 0 Å². The number of hydrogen-bond acceptors (Lipinski definition) is 4. The van der Waals surface area contributed by atoms with Gasteiger partial charge in [-0.3, -0.25) is 9.59 Å². The molecule has 0 bridgehead atoms. The van der Waals surface area contributed by atoms with Crippen molar-refractivity contribution in [2.75, 3.05) is 11.4 Å². The van der Waals surface area contributed by atoms with Crippen LogP contribution in [0.15, 0.2) is 48.5 Å². The van der Waals surface area contributed by atoms with Crippen LogP contribution in [0.2, 0.25) is 0 Å². The number of carbonyl (C=O) groups is 2. The number of nitriles is 1. The zero-order valence-corrected chi connectivity index (χ0v) is 12.2. The lowest BCUT2D eigenvalue weighted by Crippen LogP contribution is -2.49. The molecule has 3 rings (SSSR count). The highest BCUT2D eigenvalue weighted by Gasteiger charge is 2.32. The van der Waals surface area contributed by atoms with Crippen LogP contribution < -0.4 is 16.0 Å². The summed E-state index contributed by atoms with van der Waals surface area (Å²) < 4.78 is 0. The van der Waals surface area contributed by atoms with Crippen molar-refractivity contribution in [3.05, 3.63) is 65.2 Å². The fraction of sp³-hybridized carbons (Fsp3) is 0.118. The van der Waals surface area contributed by atoms with E-state index in [2.05, 4.69) is 5.32 Å². The molecule has 1 atom stereocenters. The van der Waals surface area contributed by atoms with Crippen molar-refractivity contribution in [3.63, 3.8) is 0 Å². The standard InChI is InChI=1S/C17H14N4O2/c18-9-11-5-7-12(8-6-11)16-20-17(23)13-3-1-2-4-14(13)21(16)10-15(19)22/h1-8,16H,10H2,(H2,19,22)(H,20,23)/t16-/m0/s1. The van der Waals surface area contributed by atoms with Crippen LogP contribution in [-0.2, 0) is 4.79 Å². The van der Waals surface area contributed by atoms with E-state index in [9.17, 15) is 9.59 Å². The zero-order valence-electron chi connectivity index (χ0n) is 12.2. The molecule has 0 aliphatic carbocycles. The molecule has 2 amide bonds. The number of anilines is 1. The van der Waals surface area contributed by atoms with E-state index in [0.717, 1.165) is 5.56 Å². The summed E-state index contributed by atoms with van der Waals surface area (Å²) in [6.45, 7) is -0.0258. The van der Waals surface area contributed by atoms with E-state index in [1.54, 1.807) is 53.4 Å². The van der Waals surface area contributed by atoms with Crippen molar-refractivity contribution in [1.82, 2.24) is 5.32 Å². The number of amides is 2. The third-order valence-electron chi connectivity index (χ3n) is 3.72. The van der Waals surface area contributed by atoms with Crippen LogP contribution >= 0.6 is 0 Å². The number of fused-ring (bicyclic) bond motifs is 1. The molecule has 6 heteroatoms. The van der Waals surface area contributed by atoms with E-state index in [4.69, 9.17) is 11.0 Å². The topological polar surface area (TPSA) is 99.2 Å². The molecule has 0 aromatic heterocycles. The first-order chi connectivity index (χ1) is 11.1. The lowest BCUT2D eigenvalue weighted by Gasteiger charge is -2.38. The molecule has 0 saturated carbocycles. The molecule has 2 aromatic carbocycles.